The van der Waals surface area contributed by atoms with Crippen LogP contribution in [-0.4, -0.2) is 49.5 Å². The van der Waals surface area contributed by atoms with Crippen molar-refractivity contribution in [1.82, 2.24) is 5.06 Å². The van der Waals surface area contributed by atoms with Gasteiger partial charge in [-0.15, -0.1) is 5.06 Å². The molecule has 2 aromatic carbocycles. The highest BCUT2D eigenvalue weighted by Crippen LogP contribution is 2.41. The molecule has 10 heteroatoms. The Morgan fingerprint density at radius 2 is 1.64 bits per heavy atom. The van der Waals surface area contributed by atoms with Gasteiger partial charge in [-0.25, -0.2) is 4.79 Å². The number of carboxylic acid groups (broad SMARTS) is 1. The molecule has 1 aliphatic carbocycles. The normalized spacial score (nSPS) is 12.8. The monoisotopic (exact) mass is 574 g/mol. The zero-order valence-electron chi connectivity index (χ0n) is 22.6. The third-order valence-electron chi connectivity index (χ3n) is 6.19. The molecule has 0 N–H and O–H groups in total. The molecule has 0 spiro atoms. The fraction of sp³-hybridized carbons (Fsp3) is 0.281. The number of carbonyl (C=O) groups is 4. The molecule has 1 saturated heterocycles. The second kappa shape index (κ2) is 14.1. The lowest BCUT2D eigenvalue weighted by Gasteiger charge is -2.19. The van der Waals surface area contributed by atoms with Crippen molar-refractivity contribution in [3.63, 3.8) is 0 Å². The predicted molar refractivity (Wildman–Crippen MR) is 159 cm³/mol. The standard InChI is InChI=1S/C24H22N2O3.C6H7NO4.2CH4/c1-4-25-15-9-11-19-21(13-15)29-22-14-16(26(2)3)10-12-20(22)23(19)17-7-5-6-8-18(17)24(27)28;1-4(8)11-7-5(9)2-3-6(7)10;;/h5-14H,4H2,1-3H3,(H,27,28);2-3H2,1H3;2*1H4/p-1. The molecule has 0 unspecified atom stereocenters. The van der Waals surface area contributed by atoms with Crippen LogP contribution < -0.4 is 15.4 Å². The van der Waals surface area contributed by atoms with Gasteiger partial charge in [0, 0.05) is 80.3 Å². The van der Waals surface area contributed by atoms with Crippen LogP contribution in [0.15, 0.2) is 70.1 Å². The van der Waals surface area contributed by atoms with Gasteiger partial charge in [0.05, 0.1) is 11.3 Å². The van der Waals surface area contributed by atoms with Crippen LogP contribution in [0.3, 0.4) is 0 Å². The summed E-state index contributed by atoms with van der Waals surface area (Å²) in [6, 6.07) is 18.6. The van der Waals surface area contributed by atoms with Gasteiger partial charge in [-0.05, 0) is 36.8 Å². The average Bonchev–Trinajstić information content (AvgIpc) is 3.23. The fourth-order valence-corrected chi connectivity index (χ4v) is 4.38. The summed E-state index contributed by atoms with van der Waals surface area (Å²) in [5.41, 5.74) is 4.08. The van der Waals surface area contributed by atoms with Crippen molar-refractivity contribution in [3.05, 3.63) is 71.6 Å². The van der Waals surface area contributed by atoms with Gasteiger partial charge in [-0.1, -0.05) is 39.1 Å². The highest BCUT2D eigenvalue weighted by molar-refractivity contribution is 6.07. The molecular weight excluding hydrogens is 538 g/mol. The molecule has 2 amide bonds. The minimum Gasteiger partial charge on any atom is -0.545 e. The van der Waals surface area contributed by atoms with E-state index in [4.69, 9.17) is 4.42 Å². The number of hydrogen-bond donors (Lipinski definition) is 0. The van der Waals surface area contributed by atoms with Gasteiger partial charge >= 0.3 is 5.97 Å². The summed E-state index contributed by atoms with van der Waals surface area (Å²) in [5.74, 6) is -2.11. The first-order valence-corrected chi connectivity index (χ1v) is 12.6. The van der Waals surface area contributed by atoms with Crippen molar-refractivity contribution in [2.45, 2.75) is 41.5 Å². The van der Waals surface area contributed by atoms with Crippen LogP contribution in [-0.2, 0) is 19.2 Å². The molecule has 3 aliphatic rings. The topological polar surface area (TPSA) is 133 Å². The Kier molecular flexibility index (Phi) is 11.1. The molecule has 1 fully saturated rings. The molecular formula is C32H36N3O7-. The second-order valence-corrected chi connectivity index (χ2v) is 9.20. The number of imide groups is 1. The van der Waals surface area contributed by atoms with Crippen molar-refractivity contribution >= 4 is 40.4 Å². The van der Waals surface area contributed by atoms with Crippen LogP contribution >= 0.6 is 0 Å². The van der Waals surface area contributed by atoms with E-state index in [0.717, 1.165) is 34.5 Å². The third kappa shape index (κ3) is 7.01. The van der Waals surface area contributed by atoms with Crippen LogP contribution in [0.25, 0.3) is 33.4 Å². The molecule has 0 atom stereocenters. The molecule has 42 heavy (non-hydrogen) atoms. The number of rotatable bonds is 5. The van der Waals surface area contributed by atoms with Crippen LogP contribution in [0, 0.1) is 0 Å². The number of benzene rings is 3. The van der Waals surface area contributed by atoms with Gasteiger partial charge in [-0.3, -0.25) is 14.6 Å². The van der Waals surface area contributed by atoms with E-state index in [1.807, 2.05) is 74.4 Å². The number of carboxylic acids is 1. The Bertz CT molecular complexity index is 1640. The van der Waals surface area contributed by atoms with Crippen molar-refractivity contribution in [3.8, 4) is 22.5 Å². The molecule has 0 saturated carbocycles. The summed E-state index contributed by atoms with van der Waals surface area (Å²) in [6.07, 6.45) is 0.262. The van der Waals surface area contributed by atoms with E-state index in [1.54, 1.807) is 12.1 Å². The van der Waals surface area contributed by atoms with E-state index >= 15 is 0 Å². The molecule has 2 heterocycles. The summed E-state index contributed by atoms with van der Waals surface area (Å²) in [5, 5.41) is 14.0. The molecule has 0 aromatic heterocycles. The smallest absolute Gasteiger partial charge is 0.330 e. The predicted octanol–water partition coefficient (Wildman–Crippen LogP) is 4.44. The number of hydroxylamine groups is 2. The van der Waals surface area contributed by atoms with Gasteiger partial charge in [-0.2, -0.15) is 0 Å². The first-order valence-electron chi connectivity index (χ1n) is 12.6. The van der Waals surface area contributed by atoms with E-state index in [1.165, 1.54) is 0 Å². The summed E-state index contributed by atoms with van der Waals surface area (Å²) in [7, 11) is 3.93. The van der Waals surface area contributed by atoms with Crippen LogP contribution in [0.1, 0.15) is 51.9 Å². The lowest BCUT2D eigenvalue weighted by Crippen LogP contribution is -2.30. The van der Waals surface area contributed by atoms with Crippen LogP contribution in [0.5, 0.6) is 0 Å². The number of nitrogens with zero attached hydrogens (tertiary/aromatic N) is 3. The lowest BCUT2D eigenvalue weighted by atomic mass is 9.90. The Hall–Kier alpha value is -4.99. The van der Waals surface area contributed by atoms with E-state index in [0.29, 0.717) is 28.5 Å². The molecule has 10 nitrogen and oxygen atoms in total. The number of hydrogen-bond acceptors (Lipinski definition) is 9. The summed E-state index contributed by atoms with van der Waals surface area (Å²) >= 11 is 0. The lowest BCUT2D eigenvalue weighted by molar-refractivity contribution is -0.255. The Morgan fingerprint density at radius 1 is 0.976 bits per heavy atom. The zero-order chi connectivity index (χ0) is 29.0. The Morgan fingerprint density at radius 3 is 2.24 bits per heavy atom. The van der Waals surface area contributed by atoms with E-state index in [2.05, 4.69) is 9.83 Å². The van der Waals surface area contributed by atoms with Gasteiger partial charge in [0.25, 0.3) is 11.8 Å². The maximum absolute atomic E-state index is 11.8. The van der Waals surface area contributed by atoms with Gasteiger partial charge in [0.2, 0.25) is 0 Å². The number of amides is 2. The summed E-state index contributed by atoms with van der Waals surface area (Å²) < 4.78 is 6.24. The third-order valence-corrected chi connectivity index (χ3v) is 6.19. The minimum absolute atomic E-state index is 0. The molecule has 0 radical (unpaired) electrons. The Labute approximate surface area is 245 Å². The second-order valence-electron chi connectivity index (χ2n) is 9.20. The summed E-state index contributed by atoms with van der Waals surface area (Å²) in [4.78, 5) is 54.4. The quantitative estimate of drug-likeness (QED) is 0.252. The fourth-order valence-electron chi connectivity index (χ4n) is 4.38. The Balaban J connectivity index is 0.000000404. The van der Waals surface area contributed by atoms with Crippen molar-refractivity contribution in [2.24, 2.45) is 4.99 Å². The average molecular weight is 575 g/mol. The maximum Gasteiger partial charge on any atom is 0.330 e. The summed E-state index contributed by atoms with van der Waals surface area (Å²) in [6.45, 7) is 3.79. The van der Waals surface area contributed by atoms with Crippen molar-refractivity contribution in [2.75, 3.05) is 25.5 Å². The molecule has 222 valence electrons. The number of carbonyl (C=O) groups excluding carboxylic acids is 4. The van der Waals surface area contributed by atoms with Crippen LogP contribution in [0.4, 0.5) is 5.69 Å². The maximum atomic E-state index is 11.8. The van der Waals surface area contributed by atoms with E-state index in [-0.39, 0.29) is 33.3 Å². The van der Waals surface area contributed by atoms with Crippen LogP contribution in [0.2, 0.25) is 0 Å². The molecule has 0 bridgehead atoms. The highest BCUT2D eigenvalue weighted by atomic mass is 16.7. The highest BCUT2D eigenvalue weighted by Gasteiger charge is 2.31. The first kappa shape index (κ1) is 33.2. The first-order chi connectivity index (χ1) is 19.1. The van der Waals surface area contributed by atoms with Crippen molar-refractivity contribution in [1.29, 1.82) is 0 Å². The SMILES string of the molecule is C.C.CC(=O)ON1C(=O)CCC1=O.CCN=c1ccc2c(-c3ccccc3C(=O)[O-])c3ccc(N(C)C)cc3oc-2c1. The number of aromatic carboxylic acids is 1. The largest absolute Gasteiger partial charge is 0.545 e. The van der Waals surface area contributed by atoms with Gasteiger partial charge in [0.1, 0.15) is 11.3 Å². The number of anilines is 1. The molecule has 5 rings (SSSR count). The van der Waals surface area contributed by atoms with E-state index < -0.39 is 23.8 Å². The zero-order valence-corrected chi connectivity index (χ0v) is 22.6. The molecule has 2 aliphatic heterocycles. The molecule has 2 aromatic rings. The van der Waals surface area contributed by atoms with E-state index in [9.17, 15) is 24.3 Å². The van der Waals surface area contributed by atoms with Crippen molar-refractivity contribution < 1.29 is 33.5 Å². The van der Waals surface area contributed by atoms with Gasteiger partial charge < -0.3 is 24.1 Å². The van der Waals surface area contributed by atoms with Gasteiger partial charge in [0.15, 0.2) is 0 Å². The minimum atomic E-state index is -1.20. The number of fused-ring (bicyclic) bond motifs is 2.